The molecule has 1 aromatic rings. The van der Waals surface area contributed by atoms with E-state index in [0.29, 0.717) is 11.4 Å². The highest BCUT2D eigenvalue weighted by Crippen LogP contribution is 2.22. The minimum atomic E-state index is -1.15. The van der Waals surface area contributed by atoms with Crippen molar-refractivity contribution in [2.45, 2.75) is 39.2 Å². The molecule has 0 atom stereocenters. The second kappa shape index (κ2) is 4.67. The first-order valence-corrected chi connectivity index (χ1v) is 5.63. The van der Waals surface area contributed by atoms with Crippen LogP contribution in [-0.4, -0.2) is 27.6 Å². The molecule has 1 rings (SSSR count). The van der Waals surface area contributed by atoms with E-state index in [1.54, 1.807) is 0 Å². The van der Waals surface area contributed by atoms with Gasteiger partial charge in [0.2, 0.25) is 5.91 Å². The maximum absolute atomic E-state index is 11.9. The number of carbonyl (C=O) groups excluding carboxylic acids is 2. The molecule has 0 aromatic carbocycles. The summed E-state index contributed by atoms with van der Waals surface area (Å²) in [6, 6.07) is 0. The molecule has 0 bridgehead atoms. The van der Waals surface area contributed by atoms with Crippen molar-refractivity contribution in [2.75, 3.05) is 5.73 Å². The number of carbonyl (C=O) groups is 2. The summed E-state index contributed by atoms with van der Waals surface area (Å²) in [6.07, 6.45) is 0. The van der Waals surface area contributed by atoms with Crippen LogP contribution in [0.1, 0.15) is 49.8 Å². The maximum Gasteiger partial charge on any atom is 0.274 e. The van der Waals surface area contributed by atoms with Crippen molar-refractivity contribution in [2.24, 2.45) is 5.73 Å². The number of rotatable bonds is 4. The van der Waals surface area contributed by atoms with Crippen LogP contribution in [0.15, 0.2) is 0 Å². The van der Waals surface area contributed by atoms with E-state index in [1.807, 2.05) is 13.8 Å². The number of aromatic amines is 1. The topological polar surface area (TPSA) is 127 Å². The van der Waals surface area contributed by atoms with E-state index in [9.17, 15) is 9.59 Å². The van der Waals surface area contributed by atoms with Crippen LogP contribution in [0.5, 0.6) is 0 Å². The van der Waals surface area contributed by atoms with Crippen LogP contribution in [0.2, 0.25) is 0 Å². The lowest BCUT2D eigenvalue weighted by Gasteiger charge is -2.21. The molecule has 100 valence electrons. The van der Waals surface area contributed by atoms with Gasteiger partial charge in [0.1, 0.15) is 5.54 Å². The first kappa shape index (κ1) is 14.0. The normalized spacial score (nSPS) is 11.6. The van der Waals surface area contributed by atoms with Crippen molar-refractivity contribution >= 4 is 17.5 Å². The number of amides is 2. The van der Waals surface area contributed by atoms with Gasteiger partial charge in [-0.05, 0) is 19.8 Å². The van der Waals surface area contributed by atoms with Gasteiger partial charge >= 0.3 is 0 Å². The highest BCUT2D eigenvalue weighted by Gasteiger charge is 2.29. The molecule has 0 aliphatic rings. The minimum Gasteiger partial charge on any atom is -0.395 e. The average molecular weight is 253 g/mol. The second-order valence-electron chi connectivity index (χ2n) is 5.00. The van der Waals surface area contributed by atoms with Gasteiger partial charge in [-0.1, -0.05) is 13.8 Å². The Kier molecular flexibility index (Phi) is 3.64. The van der Waals surface area contributed by atoms with Crippen molar-refractivity contribution in [3.05, 3.63) is 11.4 Å². The fourth-order valence-corrected chi connectivity index (χ4v) is 1.38. The Morgan fingerprint density at radius 3 is 2.33 bits per heavy atom. The van der Waals surface area contributed by atoms with Crippen LogP contribution in [0.4, 0.5) is 5.69 Å². The van der Waals surface area contributed by atoms with Crippen LogP contribution in [-0.2, 0) is 4.79 Å². The molecule has 2 amide bonds. The fourth-order valence-electron chi connectivity index (χ4n) is 1.38. The van der Waals surface area contributed by atoms with Crippen LogP contribution in [0.25, 0.3) is 0 Å². The number of hydrogen-bond acceptors (Lipinski definition) is 4. The molecule has 0 unspecified atom stereocenters. The Morgan fingerprint density at radius 1 is 1.39 bits per heavy atom. The lowest BCUT2D eigenvalue weighted by molar-refractivity contribution is -0.122. The quantitative estimate of drug-likeness (QED) is 0.607. The van der Waals surface area contributed by atoms with Crippen molar-refractivity contribution in [3.63, 3.8) is 0 Å². The smallest absolute Gasteiger partial charge is 0.274 e. The van der Waals surface area contributed by atoms with Crippen LogP contribution in [0, 0.1) is 0 Å². The number of nitrogen functional groups attached to an aromatic ring is 1. The van der Waals surface area contributed by atoms with Gasteiger partial charge in [0.25, 0.3) is 5.91 Å². The highest BCUT2D eigenvalue weighted by molar-refractivity contribution is 6.01. The second-order valence-corrected chi connectivity index (χ2v) is 5.00. The molecule has 1 heterocycles. The fraction of sp³-hybridized carbons (Fsp3) is 0.545. The zero-order chi connectivity index (χ0) is 14.1. The third kappa shape index (κ3) is 2.61. The number of nitrogens with zero attached hydrogens (tertiary/aromatic N) is 1. The van der Waals surface area contributed by atoms with E-state index >= 15 is 0 Å². The molecule has 0 aliphatic carbocycles. The molecule has 7 nitrogen and oxygen atoms in total. The summed E-state index contributed by atoms with van der Waals surface area (Å²) in [6.45, 7) is 6.89. The molecule has 0 saturated carbocycles. The van der Waals surface area contributed by atoms with Gasteiger partial charge in [-0.2, -0.15) is 5.10 Å². The molecule has 0 saturated heterocycles. The number of H-pyrrole nitrogens is 1. The molecule has 0 aliphatic heterocycles. The van der Waals surface area contributed by atoms with E-state index in [-0.39, 0.29) is 11.6 Å². The minimum absolute atomic E-state index is 0.0769. The number of hydrogen-bond donors (Lipinski definition) is 4. The van der Waals surface area contributed by atoms with E-state index in [0.717, 1.165) is 0 Å². The van der Waals surface area contributed by atoms with E-state index in [1.165, 1.54) is 13.8 Å². The van der Waals surface area contributed by atoms with Crippen molar-refractivity contribution < 1.29 is 9.59 Å². The number of nitrogens with one attached hydrogen (secondary N) is 2. The van der Waals surface area contributed by atoms with E-state index in [4.69, 9.17) is 11.5 Å². The molecule has 7 heteroatoms. The molecule has 18 heavy (non-hydrogen) atoms. The number of anilines is 1. The maximum atomic E-state index is 11.9. The van der Waals surface area contributed by atoms with Gasteiger partial charge < -0.3 is 16.8 Å². The summed E-state index contributed by atoms with van der Waals surface area (Å²) in [5.41, 5.74) is 10.9. The SMILES string of the molecule is CC(C)c1[nH]nc(C(=O)NC(C)(C)C(N)=O)c1N. The summed E-state index contributed by atoms with van der Waals surface area (Å²) in [5.74, 6) is -1.03. The van der Waals surface area contributed by atoms with Gasteiger partial charge in [-0.25, -0.2) is 0 Å². The molecular weight excluding hydrogens is 234 g/mol. The van der Waals surface area contributed by atoms with Crippen LogP contribution < -0.4 is 16.8 Å². The van der Waals surface area contributed by atoms with Crippen molar-refractivity contribution in [1.29, 1.82) is 0 Å². The van der Waals surface area contributed by atoms with Gasteiger partial charge in [0.05, 0.1) is 11.4 Å². The Morgan fingerprint density at radius 2 is 1.94 bits per heavy atom. The average Bonchev–Trinajstić information content (AvgIpc) is 2.59. The lowest BCUT2D eigenvalue weighted by atomic mass is 10.0. The van der Waals surface area contributed by atoms with E-state index < -0.39 is 17.4 Å². The first-order valence-electron chi connectivity index (χ1n) is 5.63. The van der Waals surface area contributed by atoms with Crippen molar-refractivity contribution in [1.82, 2.24) is 15.5 Å². The monoisotopic (exact) mass is 253 g/mol. The van der Waals surface area contributed by atoms with Gasteiger partial charge in [0, 0.05) is 0 Å². The summed E-state index contributed by atoms with van der Waals surface area (Å²) >= 11 is 0. The third-order valence-electron chi connectivity index (χ3n) is 2.67. The molecule has 0 fully saturated rings. The Balaban J connectivity index is 2.96. The largest absolute Gasteiger partial charge is 0.395 e. The van der Waals surface area contributed by atoms with Gasteiger partial charge in [-0.3, -0.25) is 14.7 Å². The summed E-state index contributed by atoms with van der Waals surface area (Å²) in [4.78, 5) is 23.1. The summed E-state index contributed by atoms with van der Waals surface area (Å²) in [5, 5.41) is 9.07. The predicted octanol–water partition coefficient (Wildman–Crippen LogP) is 0.109. The first-order chi connectivity index (χ1) is 8.16. The Bertz CT molecular complexity index is 476. The van der Waals surface area contributed by atoms with Gasteiger partial charge in [-0.15, -0.1) is 0 Å². The summed E-state index contributed by atoms with van der Waals surface area (Å²) < 4.78 is 0. The van der Waals surface area contributed by atoms with Crippen LogP contribution >= 0.6 is 0 Å². The molecule has 1 aromatic heterocycles. The molecule has 0 spiro atoms. The zero-order valence-corrected chi connectivity index (χ0v) is 11.0. The predicted molar refractivity (Wildman–Crippen MR) is 67.8 cm³/mol. The zero-order valence-electron chi connectivity index (χ0n) is 11.0. The standard InChI is InChI=1S/C11H19N5O2/c1-5(2)7-6(12)8(16-15-7)9(17)14-11(3,4)10(13)18/h5H,12H2,1-4H3,(H2,13,18)(H,14,17)(H,15,16). The number of aromatic nitrogens is 2. The molecule has 0 radical (unpaired) electrons. The van der Waals surface area contributed by atoms with Gasteiger partial charge in [0.15, 0.2) is 5.69 Å². The van der Waals surface area contributed by atoms with Crippen molar-refractivity contribution in [3.8, 4) is 0 Å². The number of nitrogens with two attached hydrogens (primary N) is 2. The Labute approximate surface area is 105 Å². The summed E-state index contributed by atoms with van der Waals surface area (Å²) in [7, 11) is 0. The third-order valence-corrected chi connectivity index (χ3v) is 2.67. The van der Waals surface area contributed by atoms with E-state index in [2.05, 4.69) is 15.5 Å². The Hall–Kier alpha value is -2.05. The lowest BCUT2D eigenvalue weighted by Crippen LogP contribution is -2.53. The number of primary amides is 1. The molecular formula is C11H19N5O2. The highest BCUT2D eigenvalue weighted by atomic mass is 16.2. The molecule has 6 N–H and O–H groups in total. The van der Waals surface area contributed by atoms with Crippen LogP contribution in [0.3, 0.4) is 0 Å².